The molecule has 0 saturated heterocycles. The highest BCUT2D eigenvalue weighted by Gasteiger charge is 2.13. The lowest BCUT2D eigenvalue weighted by Crippen LogP contribution is -2.25. The zero-order valence-electron chi connectivity index (χ0n) is 10.7. The van der Waals surface area contributed by atoms with Crippen molar-refractivity contribution in [3.05, 3.63) is 30.1 Å². The molecule has 18 heavy (non-hydrogen) atoms. The minimum Gasteiger partial charge on any atom is -0.355 e. The van der Waals surface area contributed by atoms with Gasteiger partial charge in [-0.25, -0.2) is 0 Å². The molecule has 2 rings (SSSR count). The predicted molar refractivity (Wildman–Crippen MR) is 77.1 cm³/mol. The zero-order chi connectivity index (χ0) is 13.0. The second-order valence-electron chi connectivity index (χ2n) is 4.86. The minimum absolute atomic E-state index is 0.0163. The fourth-order valence-corrected chi connectivity index (χ4v) is 3.13. The molecule has 96 valence electrons. The number of pyridine rings is 1. The second kappa shape index (κ2) is 5.67. The first-order valence-electron chi connectivity index (χ1n) is 5.67. The summed E-state index contributed by atoms with van der Waals surface area (Å²) < 4.78 is 0.965. The predicted octanol–water partition coefficient (Wildman–Crippen LogP) is 3.44. The second-order valence-corrected chi connectivity index (χ2v) is 7.06. The number of hydrogen-bond acceptors (Lipinski definition) is 6. The SMILES string of the molecule is CC(C)(C)Nc1nnc(SCc2ccccn2)s1. The maximum Gasteiger partial charge on any atom is 0.206 e. The minimum atomic E-state index is 0.0163. The molecule has 0 spiro atoms. The lowest BCUT2D eigenvalue weighted by atomic mass is 10.1. The Hall–Kier alpha value is -1.14. The number of aromatic nitrogens is 3. The molecule has 0 aromatic carbocycles. The average molecular weight is 280 g/mol. The molecule has 4 nitrogen and oxygen atoms in total. The molecule has 0 saturated carbocycles. The van der Waals surface area contributed by atoms with Gasteiger partial charge >= 0.3 is 0 Å². The van der Waals surface area contributed by atoms with Crippen LogP contribution in [0, 0.1) is 0 Å². The van der Waals surface area contributed by atoms with Crippen LogP contribution in [0.2, 0.25) is 0 Å². The molecule has 0 bridgehead atoms. The van der Waals surface area contributed by atoms with Crippen LogP contribution in [0.25, 0.3) is 0 Å². The molecule has 1 N–H and O–H groups in total. The fourth-order valence-electron chi connectivity index (χ4n) is 1.26. The van der Waals surface area contributed by atoms with Gasteiger partial charge in [0.05, 0.1) is 5.69 Å². The van der Waals surface area contributed by atoms with E-state index in [-0.39, 0.29) is 5.54 Å². The van der Waals surface area contributed by atoms with Crippen LogP contribution in [0.4, 0.5) is 5.13 Å². The third-order valence-electron chi connectivity index (χ3n) is 1.96. The van der Waals surface area contributed by atoms with Crippen molar-refractivity contribution in [2.75, 3.05) is 5.32 Å². The van der Waals surface area contributed by atoms with E-state index in [4.69, 9.17) is 0 Å². The molecule has 0 unspecified atom stereocenters. The fraction of sp³-hybridized carbons (Fsp3) is 0.417. The third-order valence-corrected chi connectivity index (χ3v) is 3.96. The van der Waals surface area contributed by atoms with E-state index in [1.165, 1.54) is 0 Å². The van der Waals surface area contributed by atoms with Gasteiger partial charge in [0.2, 0.25) is 5.13 Å². The van der Waals surface area contributed by atoms with Crippen LogP contribution in [-0.4, -0.2) is 20.7 Å². The van der Waals surface area contributed by atoms with Gasteiger partial charge in [0.15, 0.2) is 4.34 Å². The van der Waals surface area contributed by atoms with E-state index in [1.54, 1.807) is 23.1 Å². The first-order chi connectivity index (χ1) is 8.53. The van der Waals surface area contributed by atoms with E-state index in [2.05, 4.69) is 41.3 Å². The van der Waals surface area contributed by atoms with Crippen molar-refractivity contribution in [3.63, 3.8) is 0 Å². The molecular weight excluding hydrogens is 264 g/mol. The Morgan fingerprint density at radius 1 is 1.28 bits per heavy atom. The quantitative estimate of drug-likeness (QED) is 0.869. The van der Waals surface area contributed by atoms with E-state index >= 15 is 0 Å². The summed E-state index contributed by atoms with van der Waals surface area (Å²) in [4.78, 5) is 4.28. The van der Waals surface area contributed by atoms with Crippen molar-refractivity contribution in [2.24, 2.45) is 0 Å². The number of anilines is 1. The van der Waals surface area contributed by atoms with Crippen molar-refractivity contribution in [1.82, 2.24) is 15.2 Å². The summed E-state index contributed by atoms with van der Waals surface area (Å²) in [5, 5.41) is 12.5. The number of nitrogens with one attached hydrogen (secondary N) is 1. The topological polar surface area (TPSA) is 50.7 Å². The Morgan fingerprint density at radius 3 is 2.78 bits per heavy atom. The maximum atomic E-state index is 4.28. The van der Waals surface area contributed by atoms with E-state index in [9.17, 15) is 0 Å². The van der Waals surface area contributed by atoms with Gasteiger partial charge in [0.25, 0.3) is 0 Å². The van der Waals surface area contributed by atoms with Gasteiger partial charge in [0.1, 0.15) is 0 Å². The smallest absolute Gasteiger partial charge is 0.206 e. The van der Waals surface area contributed by atoms with Crippen LogP contribution in [0.15, 0.2) is 28.7 Å². The summed E-state index contributed by atoms with van der Waals surface area (Å²) in [6.07, 6.45) is 1.81. The van der Waals surface area contributed by atoms with Gasteiger partial charge in [-0.3, -0.25) is 4.98 Å². The van der Waals surface area contributed by atoms with Crippen molar-refractivity contribution in [3.8, 4) is 0 Å². The lowest BCUT2D eigenvalue weighted by molar-refractivity contribution is 0.631. The van der Waals surface area contributed by atoms with Crippen molar-refractivity contribution < 1.29 is 0 Å². The Labute approximate surface area is 115 Å². The lowest BCUT2D eigenvalue weighted by Gasteiger charge is -2.18. The standard InChI is InChI=1S/C12H16N4S2/c1-12(2,3)14-10-15-16-11(18-10)17-8-9-6-4-5-7-13-9/h4-7H,8H2,1-3H3,(H,14,15). The number of thioether (sulfide) groups is 1. The Balaban J connectivity index is 1.91. The van der Waals surface area contributed by atoms with Gasteiger partial charge in [0, 0.05) is 17.5 Å². The van der Waals surface area contributed by atoms with E-state index in [0.29, 0.717) is 0 Å². The molecule has 0 amide bonds. The molecule has 0 radical (unpaired) electrons. The first kappa shape index (κ1) is 13.3. The van der Waals surface area contributed by atoms with Gasteiger partial charge in [-0.05, 0) is 32.9 Å². The normalized spacial score (nSPS) is 11.5. The highest BCUT2D eigenvalue weighted by atomic mass is 32.2. The van der Waals surface area contributed by atoms with Crippen molar-refractivity contribution >= 4 is 28.2 Å². The van der Waals surface area contributed by atoms with Gasteiger partial charge in [-0.2, -0.15) is 0 Å². The van der Waals surface area contributed by atoms with Gasteiger partial charge in [-0.1, -0.05) is 29.2 Å². The molecule has 0 aliphatic carbocycles. The van der Waals surface area contributed by atoms with Crippen LogP contribution in [0.5, 0.6) is 0 Å². The van der Waals surface area contributed by atoms with Gasteiger partial charge < -0.3 is 5.32 Å². The van der Waals surface area contributed by atoms with Crippen LogP contribution in [0.3, 0.4) is 0 Å². The largest absolute Gasteiger partial charge is 0.355 e. The van der Waals surface area contributed by atoms with Crippen LogP contribution in [-0.2, 0) is 5.75 Å². The van der Waals surface area contributed by atoms with Gasteiger partial charge in [-0.15, -0.1) is 10.2 Å². The molecule has 2 aromatic rings. The van der Waals surface area contributed by atoms with Crippen molar-refractivity contribution in [2.45, 2.75) is 36.4 Å². The molecule has 2 heterocycles. The zero-order valence-corrected chi connectivity index (χ0v) is 12.3. The molecular formula is C12H16N4S2. The number of hydrogen-bond donors (Lipinski definition) is 1. The highest BCUT2D eigenvalue weighted by Crippen LogP contribution is 2.28. The number of rotatable bonds is 4. The Morgan fingerprint density at radius 2 is 2.11 bits per heavy atom. The molecule has 6 heteroatoms. The van der Waals surface area contributed by atoms with E-state index in [0.717, 1.165) is 20.9 Å². The first-order valence-corrected chi connectivity index (χ1v) is 7.47. The monoisotopic (exact) mass is 280 g/mol. The van der Waals surface area contributed by atoms with Crippen molar-refractivity contribution in [1.29, 1.82) is 0 Å². The molecule has 0 aliphatic rings. The molecule has 0 fully saturated rings. The van der Waals surface area contributed by atoms with Crippen LogP contribution in [0.1, 0.15) is 26.5 Å². The maximum absolute atomic E-state index is 4.28. The highest BCUT2D eigenvalue weighted by molar-refractivity contribution is 8.00. The van der Waals surface area contributed by atoms with E-state index < -0.39 is 0 Å². The summed E-state index contributed by atoms with van der Waals surface area (Å²) in [5.41, 5.74) is 1.07. The number of nitrogens with zero attached hydrogens (tertiary/aromatic N) is 3. The van der Waals surface area contributed by atoms with Crippen LogP contribution >= 0.6 is 23.1 Å². The molecule has 0 atom stereocenters. The molecule has 0 aliphatic heterocycles. The Kier molecular flexibility index (Phi) is 4.19. The summed E-state index contributed by atoms with van der Waals surface area (Å²) in [5.74, 6) is 0.824. The van der Waals surface area contributed by atoms with Crippen LogP contribution < -0.4 is 5.32 Å². The summed E-state index contributed by atoms with van der Waals surface area (Å²) in [7, 11) is 0. The Bertz CT molecular complexity index is 490. The summed E-state index contributed by atoms with van der Waals surface area (Å²) in [6.45, 7) is 6.32. The average Bonchev–Trinajstić information content (AvgIpc) is 2.73. The summed E-state index contributed by atoms with van der Waals surface area (Å²) >= 11 is 3.24. The van der Waals surface area contributed by atoms with E-state index in [1.807, 2.05) is 24.4 Å². The molecule has 2 aromatic heterocycles. The summed E-state index contributed by atoms with van der Waals surface area (Å²) in [6, 6.07) is 5.93. The third kappa shape index (κ3) is 4.27.